The van der Waals surface area contributed by atoms with Crippen molar-refractivity contribution < 1.29 is 4.74 Å². The highest BCUT2D eigenvalue weighted by molar-refractivity contribution is 5.43. The van der Waals surface area contributed by atoms with Gasteiger partial charge in [0.25, 0.3) is 0 Å². The van der Waals surface area contributed by atoms with E-state index in [2.05, 4.69) is 31.1 Å². The van der Waals surface area contributed by atoms with Crippen LogP contribution in [0.25, 0.3) is 0 Å². The maximum Gasteiger partial charge on any atom is 0.125 e. The maximum atomic E-state index is 5.90. The van der Waals surface area contributed by atoms with Gasteiger partial charge in [0.15, 0.2) is 0 Å². The molecule has 0 bridgehead atoms. The number of aromatic nitrogens is 2. The molecule has 0 aliphatic rings. The lowest BCUT2D eigenvalue weighted by Gasteiger charge is -2.13. The number of aryl methyl sites for hydroxylation is 3. The Labute approximate surface area is 114 Å². The summed E-state index contributed by atoms with van der Waals surface area (Å²) in [6.07, 6.45) is 4.76. The number of hydrogen-bond acceptors (Lipinski definition) is 3. The van der Waals surface area contributed by atoms with Gasteiger partial charge in [-0.2, -0.15) is 5.10 Å². The molecule has 0 spiro atoms. The first-order valence-electron chi connectivity index (χ1n) is 6.50. The molecule has 102 valence electrons. The summed E-state index contributed by atoms with van der Waals surface area (Å²) in [6, 6.07) is 4.18. The smallest absolute Gasteiger partial charge is 0.125 e. The fraction of sp³-hybridized carbons (Fsp3) is 0.400. The quantitative estimate of drug-likeness (QED) is 0.894. The van der Waals surface area contributed by atoms with Crippen molar-refractivity contribution in [3.05, 3.63) is 46.8 Å². The van der Waals surface area contributed by atoms with Crippen LogP contribution in [-0.2, 0) is 20.0 Å². The van der Waals surface area contributed by atoms with Crippen molar-refractivity contribution in [3.8, 4) is 5.75 Å². The van der Waals surface area contributed by atoms with Crippen LogP contribution < -0.4 is 10.5 Å². The Morgan fingerprint density at radius 2 is 1.89 bits per heavy atom. The molecule has 0 atom stereocenters. The highest BCUT2D eigenvalue weighted by atomic mass is 16.5. The van der Waals surface area contributed by atoms with Gasteiger partial charge in [0.2, 0.25) is 0 Å². The molecule has 2 N–H and O–H groups in total. The van der Waals surface area contributed by atoms with E-state index in [1.54, 1.807) is 0 Å². The largest absolute Gasteiger partial charge is 0.493 e. The standard InChI is InChI=1S/C15H21N3O/c1-11-6-14(8-16)7-12(2)15(11)19-5-4-13-9-17-18(3)10-13/h6-7,9-10H,4-5,8,16H2,1-3H3. The molecule has 0 unspecified atom stereocenters. The lowest BCUT2D eigenvalue weighted by atomic mass is 10.1. The normalized spacial score (nSPS) is 10.7. The van der Waals surface area contributed by atoms with Gasteiger partial charge >= 0.3 is 0 Å². The topological polar surface area (TPSA) is 53.1 Å². The molecular weight excluding hydrogens is 238 g/mol. The first-order valence-corrected chi connectivity index (χ1v) is 6.50. The molecule has 0 saturated heterocycles. The van der Waals surface area contributed by atoms with Crippen molar-refractivity contribution in [1.29, 1.82) is 0 Å². The van der Waals surface area contributed by atoms with Gasteiger partial charge in [-0.25, -0.2) is 0 Å². The van der Waals surface area contributed by atoms with Crippen LogP contribution in [0.1, 0.15) is 22.3 Å². The molecule has 1 aromatic carbocycles. The third-order valence-corrected chi connectivity index (χ3v) is 3.15. The van der Waals surface area contributed by atoms with E-state index in [1.807, 2.05) is 24.1 Å². The van der Waals surface area contributed by atoms with E-state index in [0.29, 0.717) is 13.2 Å². The zero-order valence-corrected chi connectivity index (χ0v) is 11.8. The summed E-state index contributed by atoms with van der Waals surface area (Å²) in [5.74, 6) is 0.973. The van der Waals surface area contributed by atoms with Gasteiger partial charge in [0.1, 0.15) is 5.75 Å². The molecule has 4 heteroatoms. The molecule has 0 saturated carbocycles. The zero-order chi connectivity index (χ0) is 13.8. The monoisotopic (exact) mass is 259 g/mol. The van der Waals surface area contributed by atoms with Crippen LogP contribution in [0.15, 0.2) is 24.5 Å². The van der Waals surface area contributed by atoms with E-state index in [0.717, 1.165) is 28.9 Å². The molecule has 0 amide bonds. The summed E-state index contributed by atoms with van der Waals surface area (Å²) in [5.41, 5.74) is 10.3. The predicted molar refractivity (Wildman–Crippen MR) is 76.2 cm³/mol. The Morgan fingerprint density at radius 3 is 2.42 bits per heavy atom. The SMILES string of the molecule is Cc1cc(CN)cc(C)c1OCCc1cnn(C)c1. The van der Waals surface area contributed by atoms with Crippen molar-refractivity contribution in [3.63, 3.8) is 0 Å². The number of benzene rings is 1. The van der Waals surface area contributed by atoms with E-state index < -0.39 is 0 Å². The number of nitrogens with two attached hydrogens (primary N) is 1. The third kappa shape index (κ3) is 3.35. The minimum Gasteiger partial charge on any atom is -0.493 e. The fourth-order valence-corrected chi connectivity index (χ4v) is 2.26. The molecule has 2 aromatic rings. The van der Waals surface area contributed by atoms with E-state index in [9.17, 15) is 0 Å². The van der Waals surface area contributed by atoms with Crippen LogP contribution in [0.2, 0.25) is 0 Å². The Hall–Kier alpha value is -1.81. The second kappa shape index (κ2) is 5.89. The van der Waals surface area contributed by atoms with Crippen molar-refractivity contribution in [2.75, 3.05) is 6.61 Å². The van der Waals surface area contributed by atoms with E-state index in [4.69, 9.17) is 10.5 Å². The first-order chi connectivity index (χ1) is 9.10. The molecule has 0 radical (unpaired) electrons. The molecule has 4 nitrogen and oxygen atoms in total. The number of nitrogens with zero attached hydrogens (tertiary/aromatic N) is 2. The summed E-state index contributed by atoms with van der Waals surface area (Å²) in [4.78, 5) is 0. The van der Waals surface area contributed by atoms with Crippen LogP contribution in [0.3, 0.4) is 0 Å². The van der Waals surface area contributed by atoms with Crippen molar-refractivity contribution >= 4 is 0 Å². The predicted octanol–water partition coefficient (Wildman–Crippen LogP) is 2.12. The Balaban J connectivity index is 1.99. The molecule has 0 aliphatic carbocycles. The van der Waals surface area contributed by atoms with Crippen LogP contribution >= 0.6 is 0 Å². The Bertz CT molecular complexity index is 537. The molecule has 19 heavy (non-hydrogen) atoms. The van der Waals surface area contributed by atoms with Gasteiger partial charge < -0.3 is 10.5 Å². The highest BCUT2D eigenvalue weighted by Crippen LogP contribution is 2.24. The molecule has 1 aromatic heterocycles. The minimum atomic E-state index is 0.567. The van der Waals surface area contributed by atoms with Crippen LogP contribution in [0.4, 0.5) is 0 Å². The number of ether oxygens (including phenoxy) is 1. The maximum absolute atomic E-state index is 5.90. The summed E-state index contributed by atoms with van der Waals surface area (Å²) < 4.78 is 7.71. The average Bonchev–Trinajstić information content (AvgIpc) is 2.78. The van der Waals surface area contributed by atoms with E-state index >= 15 is 0 Å². The van der Waals surface area contributed by atoms with Gasteiger partial charge in [-0.15, -0.1) is 0 Å². The average molecular weight is 259 g/mol. The molecule has 1 heterocycles. The molecular formula is C15H21N3O. The van der Waals surface area contributed by atoms with Gasteiger partial charge in [-0.3, -0.25) is 4.68 Å². The Morgan fingerprint density at radius 1 is 1.21 bits per heavy atom. The summed E-state index contributed by atoms with van der Waals surface area (Å²) >= 11 is 0. The van der Waals surface area contributed by atoms with Crippen molar-refractivity contribution in [1.82, 2.24) is 9.78 Å². The fourth-order valence-electron chi connectivity index (χ4n) is 2.26. The number of hydrogen-bond donors (Lipinski definition) is 1. The van der Waals surface area contributed by atoms with Crippen LogP contribution in [0, 0.1) is 13.8 Å². The van der Waals surface area contributed by atoms with Gasteiger partial charge in [0.05, 0.1) is 12.8 Å². The van der Waals surface area contributed by atoms with Gasteiger partial charge in [-0.05, 0) is 36.1 Å². The van der Waals surface area contributed by atoms with E-state index in [-0.39, 0.29) is 0 Å². The summed E-state index contributed by atoms with van der Waals surface area (Å²) in [7, 11) is 1.92. The third-order valence-electron chi connectivity index (χ3n) is 3.15. The molecule has 0 fully saturated rings. The lowest BCUT2D eigenvalue weighted by Crippen LogP contribution is -2.05. The molecule has 2 rings (SSSR count). The molecule has 0 aliphatic heterocycles. The summed E-state index contributed by atoms with van der Waals surface area (Å²) in [5, 5.41) is 4.15. The summed E-state index contributed by atoms with van der Waals surface area (Å²) in [6.45, 7) is 5.35. The second-order valence-corrected chi connectivity index (χ2v) is 4.88. The van der Waals surface area contributed by atoms with Crippen LogP contribution in [-0.4, -0.2) is 16.4 Å². The van der Waals surface area contributed by atoms with Crippen molar-refractivity contribution in [2.45, 2.75) is 26.8 Å². The van der Waals surface area contributed by atoms with Gasteiger partial charge in [0, 0.05) is 26.2 Å². The zero-order valence-electron chi connectivity index (χ0n) is 11.8. The Kier molecular flexibility index (Phi) is 4.22. The van der Waals surface area contributed by atoms with E-state index in [1.165, 1.54) is 5.56 Å². The van der Waals surface area contributed by atoms with Gasteiger partial charge in [-0.1, -0.05) is 12.1 Å². The number of rotatable bonds is 5. The minimum absolute atomic E-state index is 0.567. The lowest BCUT2D eigenvalue weighted by molar-refractivity contribution is 0.317. The second-order valence-electron chi connectivity index (χ2n) is 4.88. The van der Waals surface area contributed by atoms with Crippen LogP contribution in [0.5, 0.6) is 5.75 Å². The first kappa shape index (κ1) is 13.6. The highest BCUT2D eigenvalue weighted by Gasteiger charge is 2.06. The van der Waals surface area contributed by atoms with Crippen molar-refractivity contribution in [2.24, 2.45) is 12.8 Å².